The second kappa shape index (κ2) is 9.03. The highest BCUT2D eigenvalue weighted by atomic mass is 16.5. The summed E-state index contributed by atoms with van der Waals surface area (Å²) in [5.41, 5.74) is 2.12. The lowest BCUT2D eigenvalue weighted by atomic mass is 10.1. The fourth-order valence-corrected chi connectivity index (χ4v) is 2.50. The SMILES string of the molecule is COC(=O)CCCN(C)C(=O)c1ccccc1OCc1c(C)noc1C. The van der Waals surface area contributed by atoms with Crippen LogP contribution in [0.2, 0.25) is 0 Å². The fourth-order valence-electron chi connectivity index (χ4n) is 2.50. The molecule has 0 saturated heterocycles. The first-order chi connectivity index (χ1) is 12.4. The molecule has 1 aromatic heterocycles. The van der Waals surface area contributed by atoms with Crippen LogP contribution >= 0.6 is 0 Å². The monoisotopic (exact) mass is 360 g/mol. The molecule has 1 amide bonds. The minimum Gasteiger partial charge on any atom is -0.488 e. The van der Waals surface area contributed by atoms with Crippen LogP contribution in [0.1, 0.15) is 40.2 Å². The van der Waals surface area contributed by atoms with Crippen LogP contribution in [0.25, 0.3) is 0 Å². The van der Waals surface area contributed by atoms with Gasteiger partial charge in [0.05, 0.1) is 23.9 Å². The first-order valence-electron chi connectivity index (χ1n) is 8.40. The van der Waals surface area contributed by atoms with Crippen LogP contribution in [-0.2, 0) is 16.1 Å². The maximum atomic E-state index is 12.7. The van der Waals surface area contributed by atoms with Gasteiger partial charge in [-0.15, -0.1) is 0 Å². The summed E-state index contributed by atoms with van der Waals surface area (Å²) in [4.78, 5) is 25.5. The molecule has 2 rings (SSSR count). The number of methoxy groups -OCH3 is 1. The van der Waals surface area contributed by atoms with Crippen LogP contribution in [0, 0.1) is 13.8 Å². The number of aryl methyl sites for hydroxylation is 2. The van der Waals surface area contributed by atoms with Crippen molar-refractivity contribution in [3.63, 3.8) is 0 Å². The van der Waals surface area contributed by atoms with Gasteiger partial charge in [-0.1, -0.05) is 17.3 Å². The van der Waals surface area contributed by atoms with Gasteiger partial charge in [0.2, 0.25) is 0 Å². The minimum absolute atomic E-state index is 0.163. The number of amides is 1. The molecule has 0 spiro atoms. The number of nitrogens with zero attached hydrogens (tertiary/aromatic N) is 2. The minimum atomic E-state index is -0.283. The average molecular weight is 360 g/mol. The standard InChI is InChI=1S/C19H24N2O5/c1-13-16(14(2)26-20-13)12-25-17-9-6-5-8-15(17)19(23)21(3)11-7-10-18(22)24-4/h5-6,8-9H,7,10-12H2,1-4H3. The van der Waals surface area contributed by atoms with Crippen molar-refractivity contribution in [1.82, 2.24) is 10.1 Å². The lowest BCUT2D eigenvalue weighted by Gasteiger charge is -2.19. The number of hydrogen-bond donors (Lipinski definition) is 0. The highest BCUT2D eigenvalue weighted by molar-refractivity contribution is 5.96. The lowest BCUT2D eigenvalue weighted by molar-refractivity contribution is -0.140. The molecule has 2 aromatic rings. The molecule has 7 nitrogen and oxygen atoms in total. The topological polar surface area (TPSA) is 81.9 Å². The zero-order valence-electron chi connectivity index (χ0n) is 15.6. The van der Waals surface area contributed by atoms with E-state index in [1.807, 2.05) is 19.9 Å². The molecule has 0 fully saturated rings. The molecule has 0 atom stereocenters. The van der Waals surface area contributed by atoms with Crippen LogP contribution < -0.4 is 4.74 Å². The highest BCUT2D eigenvalue weighted by Gasteiger charge is 2.18. The molecule has 140 valence electrons. The molecular formula is C19H24N2O5. The molecule has 0 aliphatic rings. The number of esters is 1. The Kier molecular flexibility index (Phi) is 6.77. The molecule has 7 heteroatoms. The second-order valence-electron chi connectivity index (χ2n) is 5.99. The largest absolute Gasteiger partial charge is 0.488 e. The normalized spacial score (nSPS) is 10.5. The summed E-state index contributed by atoms with van der Waals surface area (Å²) in [5.74, 6) is 0.752. The first kappa shape index (κ1) is 19.5. The molecule has 0 N–H and O–H groups in total. The van der Waals surface area contributed by atoms with Gasteiger partial charge < -0.3 is 18.9 Å². The van der Waals surface area contributed by atoms with Gasteiger partial charge in [0.25, 0.3) is 5.91 Å². The smallest absolute Gasteiger partial charge is 0.305 e. The Morgan fingerprint density at radius 1 is 1.23 bits per heavy atom. The van der Waals surface area contributed by atoms with Crippen molar-refractivity contribution in [3.05, 3.63) is 46.8 Å². The Labute approximate surface area is 152 Å². The molecule has 0 bridgehead atoms. The van der Waals surface area contributed by atoms with Gasteiger partial charge in [-0.2, -0.15) is 0 Å². The summed E-state index contributed by atoms with van der Waals surface area (Å²) >= 11 is 0. The molecule has 1 aromatic carbocycles. The molecule has 0 aliphatic heterocycles. The van der Waals surface area contributed by atoms with Crippen molar-refractivity contribution in [2.75, 3.05) is 20.7 Å². The number of hydrogen-bond acceptors (Lipinski definition) is 6. The Morgan fingerprint density at radius 2 is 1.96 bits per heavy atom. The van der Waals surface area contributed by atoms with Crippen molar-refractivity contribution in [1.29, 1.82) is 0 Å². The van der Waals surface area contributed by atoms with Gasteiger partial charge in [-0.25, -0.2) is 0 Å². The Bertz CT molecular complexity index is 750. The number of benzene rings is 1. The third kappa shape index (κ3) is 4.84. The Morgan fingerprint density at radius 3 is 2.62 bits per heavy atom. The van der Waals surface area contributed by atoms with E-state index in [9.17, 15) is 9.59 Å². The van der Waals surface area contributed by atoms with Gasteiger partial charge in [0.15, 0.2) is 0 Å². The van der Waals surface area contributed by atoms with E-state index in [-0.39, 0.29) is 24.9 Å². The van der Waals surface area contributed by atoms with Crippen LogP contribution in [0.3, 0.4) is 0 Å². The predicted octanol–water partition coefficient (Wildman–Crippen LogP) is 2.90. The van der Waals surface area contributed by atoms with E-state index in [0.29, 0.717) is 30.0 Å². The molecular weight excluding hydrogens is 336 g/mol. The van der Waals surface area contributed by atoms with Crippen molar-refractivity contribution in [2.45, 2.75) is 33.3 Å². The highest BCUT2D eigenvalue weighted by Crippen LogP contribution is 2.22. The van der Waals surface area contributed by atoms with Crippen LogP contribution in [-0.4, -0.2) is 42.6 Å². The number of aromatic nitrogens is 1. The van der Waals surface area contributed by atoms with E-state index in [1.54, 1.807) is 30.1 Å². The molecule has 0 radical (unpaired) electrons. The maximum absolute atomic E-state index is 12.7. The third-order valence-electron chi connectivity index (χ3n) is 4.12. The number of ether oxygens (including phenoxy) is 2. The van der Waals surface area contributed by atoms with Gasteiger partial charge in [0.1, 0.15) is 18.1 Å². The van der Waals surface area contributed by atoms with E-state index in [0.717, 1.165) is 11.3 Å². The quantitative estimate of drug-likeness (QED) is 0.673. The van der Waals surface area contributed by atoms with E-state index in [2.05, 4.69) is 9.89 Å². The number of carbonyl (C=O) groups excluding carboxylic acids is 2. The van der Waals surface area contributed by atoms with Gasteiger partial charge in [-0.3, -0.25) is 9.59 Å². The summed E-state index contributed by atoms with van der Waals surface area (Å²) in [5, 5.41) is 3.90. The average Bonchev–Trinajstić information content (AvgIpc) is 2.97. The number of para-hydroxylation sites is 1. The van der Waals surface area contributed by atoms with E-state index in [4.69, 9.17) is 9.26 Å². The molecule has 0 unspecified atom stereocenters. The van der Waals surface area contributed by atoms with Crippen molar-refractivity contribution in [3.8, 4) is 5.75 Å². The van der Waals surface area contributed by atoms with Crippen molar-refractivity contribution in [2.24, 2.45) is 0 Å². The summed E-state index contributed by atoms with van der Waals surface area (Å²) in [6, 6.07) is 7.09. The molecule has 0 aliphatic carbocycles. The third-order valence-corrected chi connectivity index (χ3v) is 4.12. The van der Waals surface area contributed by atoms with Crippen molar-refractivity contribution >= 4 is 11.9 Å². The zero-order chi connectivity index (χ0) is 19.1. The van der Waals surface area contributed by atoms with Crippen LogP contribution in [0.15, 0.2) is 28.8 Å². The molecule has 1 heterocycles. The second-order valence-corrected chi connectivity index (χ2v) is 5.99. The summed E-state index contributed by atoms with van der Waals surface area (Å²) < 4.78 is 15.6. The zero-order valence-corrected chi connectivity index (χ0v) is 15.6. The summed E-state index contributed by atoms with van der Waals surface area (Å²) in [6.45, 7) is 4.40. The van der Waals surface area contributed by atoms with Crippen LogP contribution in [0.5, 0.6) is 5.75 Å². The van der Waals surface area contributed by atoms with Gasteiger partial charge in [-0.05, 0) is 32.4 Å². The van der Waals surface area contributed by atoms with E-state index >= 15 is 0 Å². The maximum Gasteiger partial charge on any atom is 0.305 e. The Hall–Kier alpha value is -2.83. The van der Waals surface area contributed by atoms with E-state index in [1.165, 1.54) is 7.11 Å². The molecule has 26 heavy (non-hydrogen) atoms. The van der Waals surface area contributed by atoms with Gasteiger partial charge >= 0.3 is 5.97 Å². The predicted molar refractivity (Wildman–Crippen MR) is 95.0 cm³/mol. The Balaban J connectivity index is 2.03. The first-order valence-corrected chi connectivity index (χ1v) is 8.40. The lowest BCUT2D eigenvalue weighted by Crippen LogP contribution is -2.28. The fraction of sp³-hybridized carbons (Fsp3) is 0.421. The molecule has 0 saturated carbocycles. The van der Waals surface area contributed by atoms with Crippen LogP contribution in [0.4, 0.5) is 0 Å². The van der Waals surface area contributed by atoms with Crippen molar-refractivity contribution < 1.29 is 23.6 Å². The number of rotatable bonds is 8. The summed E-state index contributed by atoms with van der Waals surface area (Å²) in [6.07, 6.45) is 0.815. The summed E-state index contributed by atoms with van der Waals surface area (Å²) in [7, 11) is 3.05. The van der Waals surface area contributed by atoms with Gasteiger partial charge in [0, 0.05) is 20.0 Å². The number of carbonyl (C=O) groups is 2. The van der Waals surface area contributed by atoms with E-state index < -0.39 is 0 Å².